The Hall–Kier alpha value is -0.525. The maximum atomic E-state index is 8.95. The van der Waals surface area contributed by atoms with Crippen LogP contribution in [-0.4, -0.2) is 20.3 Å². The molecule has 1 heterocycles. The van der Waals surface area contributed by atoms with Crippen molar-refractivity contribution in [2.75, 3.05) is 13.2 Å². The number of hydrogen-bond donors (Lipinski definition) is 0. The van der Waals surface area contributed by atoms with Crippen LogP contribution >= 0.6 is 0 Å². The average Bonchev–Trinajstić information content (AvgIpc) is 2.55. The molecule has 3 nitrogen and oxygen atoms in total. The van der Waals surface area contributed by atoms with Gasteiger partial charge >= 0.3 is 7.12 Å². The third kappa shape index (κ3) is 5.64. The van der Waals surface area contributed by atoms with Crippen molar-refractivity contribution in [3.05, 3.63) is 0 Å². The summed E-state index contributed by atoms with van der Waals surface area (Å²) in [6.45, 7) is 4.00. The van der Waals surface area contributed by atoms with Gasteiger partial charge in [-0.3, -0.25) is 0 Å². The summed E-state index contributed by atoms with van der Waals surface area (Å²) in [5.74, 6) is 1.37. The smallest absolute Gasteiger partial charge is 0.411 e. The number of unbranched alkanes of at least 4 members (excludes halogenated alkanes) is 4. The Bertz CT molecular complexity index is 315. The second-order valence-electron chi connectivity index (χ2n) is 6.84. The molecule has 1 aliphatic heterocycles. The molecule has 0 bridgehead atoms. The van der Waals surface area contributed by atoms with E-state index in [4.69, 9.17) is 14.6 Å². The van der Waals surface area contributed by atoms with Crippen molar-refractivity contribution in [1.29, 1.82) is 5.26 Å². The monoisotopic (exact) mass is 291 g/mol. The highest BCUT2D eigenvalue weighted by Gasteiger charge is 2.37. The van der Waals surface area contributed by atoms with Crippen molar-refractivity contribution in [2.24, 2.45) is 11.8 Å². The van der Waals surface area contributed by atoms with Crippen LogP contribution in [0.4, 0.5) is 0 Å². The van der Waals surface area contributed by atoms with Crippen LogP contribution in [0.15, 0.2) is 0 Å². The van der Waals surface area contributed by atoms with Crippen LogP contribution in [0.5, 0.6) is 0 Å². The van der Waals surface area contributed by atoms with E-state index in [0.29, 0.717) is 11.7 Å². The number of rotatable bonds is 7. The zero-order valence-electron chi connectivity index (χ0n) is 13.6. The first-order valence-corrected chi connectivity index (χ1v) is 8.96. The Balaban J connectivity index is 1.57. The molecule has 0 spiro atoms. The van der Waals surface area contributed by atoms with Crippen LogP contribution in [0.1, 0.15) is 71.1 Å². The fourth-order valence-corrected chi connectivity index (χ4v) is 3.55. The van der Waals surface area contributed by atoms with E-state index in [1.54, 1.807) is 0 Å². The highest BCUT2D eigenvalue weighted by Crippen LogP contribution is 2.36. The van der Waals surface area contributed by atoms with E-state index in [9.17, 15) is 0 Å². The van der Waals surface area contributed by atoms with E-state index in [-0.39, 0.29) is 13.0 Å². The molecule has 0 aromatic carbocycles. The Labute approximate surface area is 130 Å². The fraction of sp³-hybridized carbons (Fsp3) is 0.941. The lowest BCUT2D eigenvalue weighted by Crippen LogP contribution is -2.40. The van der Waals surface area contributed by atoms with Gasteiger partial charge in [0.2, 0.25) is 0 Å². The summed E-state index contributed by atoms with van der Waals surface area (Å²) in [5, 5.41) is 8.95. The minimum Gasteiger partial charge on any atom is -0.411 e. The van der Waals surface area contributed by atoms with E-state index < -0.39 is 0 Å². The predicted molar refractivity (Wildman–Crippen MR) is 85.8 cm³/mol. The van der Waals surface area contributed by atoms with Gasteiger partial charge in [-0.25, -0.2) is 0 Å². The van der Waals surface area contributed by atoms with Gasteiger partial charge in [-0.1, -0.05) is 51.9 Å². The van der Waals surface area contributed by atoms with Gasteiger partial charge in [0.05, 0.1) is 6.07 Å². The SMILES string of the molecule is CCCCCCCC1COB(C2CCC(C#N)CC2)OC1. The number of nitrogens with zero attached hydrogens (tertiary/aromatic N) is 1. The molecule has 2 aliphatic rings. The van der Waals surface area contributed by atoms with Crippen LogP contribution < -0.4 is 0 Å². The Morgan fingerprint density at radius 3 is 2.29 bits per heavy atom. The highest BCUT2D eigenvalue weighted by molar-refractivity contribution is 6.46. The molecule has 2 fully saturated rings. The highest BCUT2D eigenvalue weighted by atomic mass is 16.6. The van der Waals surface area contributed by atoms with Crippen molar-refractivity contribution in [3.63, 3.8) is 0 Å². The number of hydrogen-bond acceptors (Lipinski definition) is 3. The first-order chi connectivity index (χ1) is 10.3. The van der Waals surface area contributed by atoms with Gasteiger partial charge in [0.25, 0.3) is 0 Å². The van der Waals surface area contributed by atoms with Gasteiger partial charge in [0, 0.05) is 25.0 Å². The Kier molecular flexibility index (Phi) is 7.60. The quantitative estimate of drug-likeness (QED) is 0.509. The summed E-state index contributed by atoms with van der Waals surface area (Å²) < 4.78 is 11.9. The van der Waals surface area contributed by atoms with Gasteiger partial charge in [-0.15, -0.1) is 0 Å². The molecular formula is C17H30BNO2. The molecular weight excluding hydrogens is 261 g/mol. The summed E-state index contributed by atoms with van der Waals surface area (Å²) in [4.78, 5) is 0. The maximum Gasteiger partial charge on any atom is 0.460 e. The number of nitriles is 1. The van der Waals surface area contributed by atoms with Crippen molar-refractivity contribution in [3.8, 4) is 6.07 Å². The van der Waals surface area contributed by atoms with Crippen molar-refractivity contribution < 1.29 is 9.31 Å². The van der Waals surface area contributed by atoms with Crippen LogP contribution in [0.3, 0.4) is 0 Å². The molecule has 1 aliphatic carbocycles. The summed E-state index contributed by atoms with van der Waals surface area (Å²) in [6, 6.07) is 2.39. The third-order valence-electron chi connectivity index (χ3n) is 5.05. The van der Waals surface area contributed by atoms with Crippen LogP contribution in [0.2, 0.25) is 5.82 Å². The molecule has 0 radical (unpaired) electrons. The van der Waals surface area contributed by atoms with E-state index in [0.717, 1.165) is 38.9 Å². The minimum atomic E-state index is 0.000911. The molecule has 0 amide bonds. The summed E-state index contributed by atoms with van der Waals surface area (Å²) in [6.07, 6.45) is 12.2. The van der Waals surface area contributed by atoms with E-state index in [1.165, 1.54) is 38.5 Å². The minimum absolute atomic E-state index is 0.000911. The molecule has 2 rings (SSSR count). The van der Waals surface area contributed by atoms with Gasteiger partial charge in [0.1, 0.15) is 0 Å². The molecule has 0 aromatic rings. The van der Waals surface area contributed by atoms with Crippen molar-refractivity contribution in [2.45, 2.75) is 76.9 Å². The first kappa shape index (κ1) is 16.8. The lowest BCUT2D eigenvalue weighted by Gasteiger charge is -2.34. The van der Waals surface area contributed by atoms with Crippen molar-refractivity contribution in [1.82, 2.24) is 0 Å². The molecule has 0 N–H and O–H groups in total. The van der Waals surface area contributed by atoms with Gasteiger partial charge < -0.3 is 9.31 Å². The summed E-state index contributed by atoms with van der Waals surface area (Å²) in [5.41, 5.74) is 0. The normalized spacial score (nSPS) is 27.5. The van der Waals surface area contributed by atoms with Crippen molar-refractivity contribution >= 4 is 7.12 Å². The molecule has 0 unspecified atom stereocenters. The molecule has 21 heavy (non-hydrogen) atoms. The average molecular weight is 291 g/mol. The largest absolute Gasteiger partial charge is 0.460 e. The van der Waals surface area contributed by atoms with Crippen LogP contribution in [0, 0.1) is 23.2 Å². The Morgan fingerprint density at radius 1 is 1.00 bits per heavy atom. The van der Waals surface area contributed by atoms with Gasteiger partial charge in [0.15, 0.2) is 0 Å². The molecule has 0 aromatic heterocycles. The predicted octanol–water partition coefficient (Wildman–Crippen LogP) is 4.58. The standard InChI is InChI=1S/C17H30BNO2/c1-2-3-4-5-6-7-16-13-20-18(21-14-16)17-10-8-15(12-19)9-11-17/h15-17H,2-11,13-14H2,1H3. The molecule has 1 saturated carbocycles. The van der Waals surface area contributed by atoms with Crippen LogP contribution in [0.25, 0.3) is 0 Å². The van der Waals surface area contributed by atoms with E-state index in [2.05, 4.69) is 13.0 Å². The Morgan fingerprint density at radius 2 is 1.67 bits per heavy atom. The lowest BCUT2D eigenvalue weighted by atomic mass is 9.62. The fourth-order valence-electron chi connectivity index (χ4n) is 3.55. The van der Waals surface area contributed by atoms with Gasteiger partial charge in [-0.2, -0.15) is 5.26 Å². The zero-order valence-corrected chi connectivity index (χ0v) is 13.6. The summed E-state index contributed by atoms with van der Waals surface area (Å²) in [7, 11) is 0.000911. The second kappa shape index (κ2) is 9.48. The summed E-state index contributed by atoms with van der Waals surface area (Å²) >= 11 is 0. The molecule has 0 atom stereocenters. The molecule has 1 saturated heterocycles. The molecule has 118 valence electrons. The second-order valence-corrected chi connectivity index (χ2v) is 6.84. The first-order valence-electron chi connectivity index (χ1n) is 8.96. The zero-order chi connectivity index (χ0) is 14.9. The maximum absolute atomic E-state index is 8.95. The lowest BCUT2D eigenvalue weighted by molar-refractivity contribution is 0.0652. The third-order valence-corrected chi connectivity index (χ3v) is 5.05. The van der Waals surface area contributed by atoms with Gasteiger partial charge in [-0.05, 0) is 25.1 Å². The van der Waals surface area contributed by atoms with E-state index >= 15 is 0 Å². The van der Waals surface area contributed by atoms with E-state index in [1.807, 2.05) is 0 Å². The topological polar surface area (TPSA) is 42.2 Å². The molecule has 4 heteroatoms. The van der Waals surface area contributed by atoms with Crippen LogP contribution in [-0.2, 0) is 9.31 Å².